The number of rotatable bonds is 3. The van der Waals surface area contributed by atoms with E-state index in [9.17, 15) is 14.7 Å². The number of thioether (sulfide) groups is 1. The molecule has 2 aliphatic rings. The molecule has 1 aromatic rings. The topological polar surface area (TPSA) is 122 Å². The van der Waals surface area contributed by atoms with Crippen LogP contribution in [0.3, 0.4) is 0 Å². The van der Waals surface area contributed by atoms with E-state index in [1.165, 1.54) is 16.3 Å². The number of ether oxygens (including phenoxy) is 1. The molecule has 1 fully saturated rings. The molecule has 0 bridgehead atoms. The smallest absolute Gasteiger partial charge is 0.349 e. The van der Waals surface area contributed by atoms with Gasteiger partial charge in [0, 0.05) is 118 Å². The molecule has 1 unspecified atom stereocenters. The zero-order valence-corrected chi connectivity index (χ0v) is 23.0. The van der Waals surface area contributed by atoms with E-state index in [0.717, 1.165) is 4.90 Å². The van der Waals surface area contributed by atoms with Crippen molar-refractivity contribution in [3.63, 3.8) is 0 Å². The van der Waals surface area contributed by atoms with Gasteiger partial charge in [0.2, 0.25) is 0 Å². The van der Waals surface area contributed by atoms with Crippen molar-refractivity contribution in [3.8, 4) is 0 Å². The van der Waals surface area contributed by atoms with E-state index in [2.05, 4.69) is 4.98 Å². The first-order chi connectivity index (χ1) is 10.5. The van der Waals surface area contributed by atoms with Gasteiger partial charge in [-0.05, 0) is 0 Å². The molecule has 126 valence electrons. The van der Waals surface area contributed by atoms with Crippen LogP contribution in [0.2, 0.25) is 0 Å². The quantitative estimate of drug-likeness (QED) is 0.366. The molecular formula is C13H16Ac2N2O6S. The van der Waals surface area contributed by atoms with Crippen molar-refractivity contribution in [2.24, 2.45) is 5.92 Å². The third-order valence-corrected chi connectivity index (χ3v) is 5.14. The standard InChI is InChI=1S/C13H16N2O6S.2Ac/c16-4-9-8(17)2-11(21-9)15-3-10-7(14-13(15)20)1-6(5-22-10)12(18)19;;/h3,6,8-9,11,16-17H,1-2,4-5H2,(H,18,19);;/t6?,8-,9-,11-;;/m1../s1. The minimum Gasteiger partial charge on any atom is -0.481 e. The molecule has 1 saturated heterocycles. The van der Waals surface area contributed by atoms with Gasteiger partial charge >= 0.3 is 11.7 Å². The summed E-state index contributed by atoms with van der Waals surface area (Å²) in [6.45, 7) is -0.320. The molecule has 4 atom stereocenters. The predicted molar refractivity (Wildman–Crippen MR) is 75.7 cm³/mol. The fourth-order valence-electron chi connectivity index (χ4n) is 2.65. The molecule has 0 saturated carbocycles. The number of nitrogens with zero attached hydrogens (tertiary/aromatic N) is 2. The average Bonchev–Trinajstić information content (AvgIpc) is 2.86. The van der Waals surface area contributed by atoms with Gasteiger partial charge in [0.25, 0.3) is 0 Å². The van der Waals surface area contributed by atoms with Crippen LogP contribution >= 0.6 is 11.8 Å². The van der Waals surface area contributed by atoms with Crippen molar-refractivity contribution in [2.75, 3.05) is 12.4 Å². The summed E-state index contributed by atoms with van der Waals surface area (Å²) in [6, 6.07) is 0. The summed E-state index contributed by atoms with van der Waals surface area (Å²) in [5, 5.41) is 27.9. The Kier molecular flexibility index (Phi) is 9.92. The number of aliphatic hydroxyl groups is 2. The second kappa shape index (κ2) is 10.1. The van der Waals surface area contributed by atoms with Gasteiger partial charge in [-0.25, -0.2) is 4.79 Å². The molecule has 3 heterocycles. The Bertz CT molecular complexity index is 658. The number of aliphatic hydroxyl groups excluding tert-OH is 2. The molecule has 2 radical (unpaired) electrons. The zero-order chi connectivity index (χ0) is 15.9. The van der Waals surface area contributed by atoms with Crippen LogP contribution in [0.15, 0.2) is 15.9 Å². The molecule has 0 aromatic carbocycles. The molecule has 2 aliphatic heterocycles. The van der Waals surface area contributed by atoms with E-state index in [1.54, 1.807) is 6.20 Å². The van der Waals surface area contributed by atoms with Gasteiger partial charge in [-0.15, -0.1) is 11.8 Å². The number of carboxylic acids is 1. The maximum Gasteiger partial charge on any atom is 0.349 e. The Morgan fingerprint density at radius 2 is 2.17 bits per heavy atom. The number of hydrogen-bond acceptors (Lipinski definition) is 7. The van der Waals surface area contributed by atoms with Crippen molar-refractivity contribution in [1.29, 1.82) is 0 Å². The third kappa shape index (κ3) is 5.04. The van der Waals surface area contributed by atoms with E-state index in [4.69, 9.17) is 14.9 Å². The first kappa shape index (κ1) is 23.5. The predicted octanol–water partition coefficient (Wildman–Crippen LogP) is -0.767. The van der Waals surface area contributed by atoms with Gasteiger partial charge in [0.05, 0.1) is 24.3 Å². The van der Waals surface area contributed by atoms with Crippen molar-refractivity contribution >= 4 is 17.7 Å². The molecule has 3 rings (SSSR count). The molecule has 1 aromatic heterocycles. The summed E-state index contributed by atoms with van der Waals surface area (Å²) in [6.07, 6.45) is -0.172. The summed E-state index contributed by atoms with van der Waals surface area (Å²) in [5.41, 5.74) is -0.0525. The Morgan fingerprint density at radius 3 is 2.75 bits per heavy atom. The normalized spacial score (nSPS) is 28.4. The van der Waals surface area contributed by atoms with Crippen LogP contribution in [0.25, 0.3) is 0 Å². The van der Waals surface area contributed by atoms with Crippen molar-refractivity contribution < 1.29 is 113 Å². The number of hydrogen-bond donors (Lipinski definition) is 3. The first-order valence-corrected chi connectivity index (χ1v) is 7.90. The fourth-order valence-corrected chi connectivity index (χ4v) is 3.77. The summed E-state index contributed by atoms with van der Waals surface area (Å²) in [5.74, 6) is -1.00. The number of carboxylic acid groups (broad SMARTS) is 1. The van der Waals surface area contributed by atoms with Crippen LogP contribution in [-0.2, 0) is 16.0 Å². The number of carbonyl (C=O) groups is 1. The second-order valence-electron chi connectivity index (χ2n) is 5.41. The molecule has 0 spiro atoms. The van der Waals surface area contributed by atoms with Crippen LogP contribution < -0.4 is 5.69 Å². The Hall–Kier alpha value is 1.46. The third-order valence-electron chi connectivity index (χ3n) is 3.92. The molecule has 11 heteroatoms. The van der Waals surface area contributed by atoms with Crippen LogP contribution in [0.5, 0.6) is 0 Å². The van der Waals surface area contributed by atoms with Crippen LogP contribution in [-0.4, -0.2) is 55.4 Å². The van der Waals surface area contributed by atoms with E-state index in [1.807, 2.05) is 0 Å². The molecule has 0 amide bonds. The maximum atomic E-state index is 12.1. The molecule has 8 nitrogen and oxygen atoms in total. The van der Waals surface area contributed by atoms with Crippen molar-refractivity contribution in [2.45, 2.75) is 36.2 Å². The molecule has 3 N–H and O–H groups in total. The summed E-state index contributed by atoms with van der Waals surface area (Å²) < 4.78 is 6.76. The van der Waals surface area contributed by atoms with Gasteiger partial charge in [0.15, 0.2) is 0 Å². The van der Waals surface area contributed by atoms with Crippen molar-refractivity contribution in [1.82, 2.24) is 9.55 Å². The summed E-state index contributed by atoms with van der Waals surface area (Å²) in [4.78, 5) is 27.9. The minimum atomic E-state index is -0.892. The zero-order valence-electron chi connectivity index (χ0n) is 12.7. The van der Waals surface area contributed by atoms with Crippen LogP contribution in [0.4, 0.5) is 0 Å². The van der Waals surface area contributed by atoms with Crippen molar-refractivity contribution in [3.05, 3.63) is 22.4 Å². The average molecular weight is 782 g/mol. The van der Waals surface area contributed by atoms with Crippen LogP contribution in [0, 0.1) is 94.0 Å². The van der Waals surface area contributed by atoms with Gasteiger partial charge in [-0.2, -0.15) is 4.98 Å². The first-order valence-electron chi connectivity index (χ1n) is 6.91. The number of fused-ring (bicyclic) bond motifs is 1. The number of aliphatic carboxylic acids is 1. The SMILES string of the molecule is O=C(O)C1CSc2cn([C@H]3C[C@@H](O)[C@@H](CO)O3)c(=O)nc2C1.[Ac].[Ac]. The summed E-state index contributed by atoms with van der Waals surface area (Å²) in [7, 11) is 0. The van der Waals surface area contributed by atoms with E-state index < -0.39 is 36.0 Å². The van der Waals surface area contributed by atoms with E-state index >= 15 is 0 Å². The molecule has 0 aliphatic carbocycles. The second-order valence-corrected chi connectivity index (χ2v) is 6.47. The largest absolute Gasteiger partial charge is 0.481 e. The van der Waals surface area contributed by atoms with E-state index in [-0.39, 0.29) is 108 Å². The number of aromatic nitrogens is 2. The maximum absolute atomic E-state index is 12.1. The minimum absolute atomic E-state index is 0. The van der Waals surface area contributed by atoms with Crippen LogP contribution in [0.1, 0.15) is 18.3 Å². The molecular weight excluding hydrogens is 766 g/mol. The van der Waals surface area contributed by atoms with E-state index in [0.29, 0.717) is 11.4 Å². The fraction of sp³-hybridized carbons (Fsp3) is 0.615. The Balaban J connectivity index is 0.00000144. The Labute approximate surface area is 213 Å². The van der Waals surface area contributed by atoms with Gasteiger partial charge in [-0.1, -0.05) is 0 Å². The van der Waals surface area contributed by atoms with Gasteiger partial charge < -0.3 is 20.1 Å². The molecule has 24 heavy (non-hydrogen) atoms. The Morgan fingerprint density at radius 1 is 1.46 bits per heavy atom. The summed E-state index contributed by atoms with van der Waals surface area (Å²) >= 11 is 1.34. The van der Waals surface area contributed by atoms with Gasteiger partial charge in [0.1, 0.15) is 12.3 Å². The van der Waals surface area contributed by atoms with Gasteiger partial charge in [-0.3, -0.25) is 9.36 Å². The monoisotopic (exact) mass is 782 g/mol.